The molecular weight excluding hydrogens is 214 g/mol. The molecule has 1 aromatic rings. The fourth-order valence-corrected chi connectivity index (χ4v) is 1.78. The monoisotopic (exact) mass is 239 g/mol. The Morgan fingerprint density at radius 1 is 1.41 bits per heavy atom. The average molecular weight is 239 g/mol. The van der Waals surface area contributed by atoms with Gasteiger partial charge in [0.05, 0.1) is 11.9 Å². The van der Waals surface area contributed by atoms with Crippen LogP contribution in [0.15, 0.2) is 22.8 Å². The van der Waals surface area contributed by atoms with Gasteiger partial charge in [0, 0.05) is 19.0 Å². The van der Waals surface area contributed by atoms with Crippen molar-refractivity contribution in [3.05, 3.63) is 24.2 Å². The highest BCUT2D eigenvalue weighted by Crippen LogP contribution is 2.14. The van der Waals surface area contributed by atoms with Crippen LogP contribution in [0.3, 0.4) is 0 Å². The predicted molar refractivity (Wildman–Crippen MR) is 70.0 cm³/mol. The molecule has 0 aromatic carbocycles. The number of aliphatic hydroxyl groups is 1. The number of furan rings is 1. The summed E-state index contributed by atoms with van der Waals surface area (Å²) in [5.74, 6) is 1.03. The van der Waals surface area contributed by atoms with E-state index in [0.29, 0.717) is 12.6 Å². The Morgan fingerprint density at radius 3 is 2.65 bits per heavy atom. The van der Waals surface area contributed by atoms with Gasteiger partial charge in [-0.1, -0.05) is 13.8 Å². The lowest BCUT2D eigenvalue weighted by atomic mass is 9.97. The number of nitrogens with one attached hydrogen (secondary N) is 1. The summed E-state index contributed by atoms with van der Waals surface area (Å²) in [5.41, 5.74) is -0.557. The van der Waals surface area contributed by atoms with E-state index in [1.807, 2.05) is 26.0 Å². The van der Waals surface area contributed by atoms with E-state index in [-0.39, 0.29) is 0 Å². The maximum Gasteiger partial charge on any atom is 0.103 e. The third kappa shape index (κ3) is 4.92. The highest BCUT2D eigenvalue weighted by atomic mass is 16.3. The molecule has 0 aliphatic rings. The molecule has 3 nitrogen and oxygen atoms in total. The zero-order chi connectivity index (χ0) is 12.7. The molecule has 98 valence electrons. The summed E-state index contributed by atoms with van der Waals surface area (Å²) in [4.78, 5) is 0. The van der Waals surface area contributed by atoms with Crippen molar-refractivity contribution in [2.24, 2.45) is 0 Å². The van der Waals surface area contributed by atoms with Gasteiger partial charge in [-0.3, -0.25) is 0 Å². The average Bonchev–Trinajstić information content (AvgIpc) is 2.86. The standard InChI is InChI=1S/C14H25NO2/c1-4-14(16,5-2)11-15-12(3)8-9-13-7-6-10-17-13/h6-7,10,12,15-16H,4-5,8-9,11H2,1-3H3. The summed E-state index contributed by atoms with van der Waals surface area (Å²) >= 11 is 0. The Bertz CT molecular complexity index is 291. The molecule has 1 rings (SSSR count). The first-order chi connectivity index (χ1) is 8.09. The molecule has 1 aromatic heterocycles. The molecule has 3 heteroatoms. The topological polar surface area (TPSA) is 45.4 Å². The molecule has 0 aliphatic carbocycles. The van der Waals surface area contributed by atoms with Gasteiger partial charge in [-0.2, -0.15) is 0 Å². The third-order valence-corrected chi connectivity index (χ3v) is 3.50. The second-order valence-electron chi connectivity index (χ2n) is 4.83. The number of hydrogen-bond acceptors (Lipinski definition) is 3. The normalized spacial score (nSPS) is 13.9. The molecule has 1 unspecified atom stereocenters. The molecule has 0 spiro atoms. The Balaban J connectivity index is 2.23. The molecule has 0 saturated carbocycles. The molecule has 0 saturated heterocycles. The van der Waals surface area contributed by atoms with Crippen LogP contribution in [0.1, 0.15) is 45.8 Å². The largest absolute Gasteiger partial charge is 0.469 e. The molecule has 0 fully saturated rings. The van der Waals surface area contributed by atoms with Crippen molar-refractivity contribution in [2.75, 3.05) is 6.54 Å². The number of rotatable bonds is 8. The Labute approximate surface area is 104 Å². The van der Waals surface area contributed by atoms with Crippen LogP contribution in [0.25, 0.3) is 0 Å². The third-order valence-electron chi connectivity index (χ3n) is 3.50. The van der Waals surface area contributed by atoms with Gasteiger partial charge < -0.3 is 14.8 Å². The van der Waals surface area contributed by atoms with E-state index in [2.05, 4.69) is 12.2 Å². The van der Waals surface area contributed by atoms with Crippen LogP contribution >= 0.6 is 0 Å². The van der Waals surface area contributed by atoms with E-state index in [4.69, 9.17) is 4.42 Å². The van der Waals surface area contributed by atoms with Crippen LogP contribution in [0.5, 0.6) is 0 Å². The van der Waals surface area contributed by atoms with Crippen molar-refractivity contribution < 1.29 is 9.52 Å². The molecular formula is C14H25NO2. The second-order valence-corrected chi connectivity index (χ2v) is 4.83. The smallest absolute Gasteiger partial charge is 0.103 e. The van der Waals surface area contributed by atoms with E-state index in [0.717, 1.165) is 31.4 Å². The predicted octanol–water partition coefficient (Wildman–Crippen LogP) is 2.74. The second kappa shape index (κ2) is 6.82. The minimum Gasteiger partial charge on any atom is -0.469 e. The molecule has 2 N–H and O–H groups in total. The van der Waals surface area contributed by atoms with Crippen molar-refractivity contribution in [3.63, 3.8) is 0 Å². The Morgan fingerprint density at radius 2 is 2.12 bits per heavy atom. The molecule has 0 bridgehead atoms. The van der Waals surface area contributed by atoms with E-state index in [9.17, 15) is 5.11 Å². The first-order valence-electron chi connectivity index (χ1n) is 6.58. The van der Waals surface area contributed by atoms with Gasteiger partial charge in [-0.05, 0) is 38.3 Å². The van der Waals surface area contributed by atoms with Gasteiger partial charge in [-0.15, -0.1) is 0 Å². The fraction of sp³-hybridized carbons (Fsp3) is 0.714. The van der Waals surface area contributed by atoms with Crippen LogP contribution in [-0.2, 0) is 6.42 Å². The quantitative estimate of drug-likeness (QED) is 0.733. The Kier molecular flexibility index (Phi) is 5.72. The van der Waals surface area contributed by atoms with E-state index >= 15 is 0 Å². The maximum absolute atomic E-state index is 10.1. The van der Waals surface area contributed by atoms with E-state index < -0.39 is 5.60 Å². The van der Waals surface area contributed by atoms with Crippen LogP contribution in [0.2, 0.25) is 0 Å². The zero-order valence-electron chi connectivity index (χ0n) is 11.2. The molecule has 1 atom stereocenters. The summed E-state index contributed by atoms with van der Waals surface area (Å²) in [7, 11) is 0. The van der Waals surface area contributed by atoms with Crippen molar-refractivity contribution in [3.8, 4) is 0 Å². The fourth-order valence-electron chi connectivity index (χ4n) is 1.78. The van der Waals surface area contributed by atoms with Crippen molar-refractivity contribution in [2.45, 2.75) is 58.1 Å². The molecule has 1 heterocycles. The Hall–Kier alpha value is -0.800. The lowest BCUT2D eigenvalue weighted by Crippen LogP contribution is -2.43. The summed E-state index contributed by atoms with van der Waals surface area (Å²) in [6, 6.07) is 4.31. The zero-order valence-corrected chi connectivity index (χ0v) is 11.2. The first kappa shape index (κ1) is 14.3. The van der Waals surface area contributed by atoms with Crippen molar-refractivity contribution >= 4 is 0 Å². The number of aryl methyl sites for hydroxylation is 1. The van der Waals surface area contributed by atoms with Gasteiger partial charge in [-0.25, -0.2) is 0 Å². The van der Waals surface area contributed by atoms with Gasteiger partial charge in [0.15, 0.2) is 0 Å². The van der Waals surface area contributed by atoms with Crippen LogP contribution in [0.4, 0.5) is 0 Å². The van der Waals surface area contributed by atoms with Crippen molar-refractivity contribution in [1.82, 2.24) is 5.32 Å². The summed E-state index contributed by atoms with van der Waals surface area (Å²) < 4.78 is 5.29. The maximum atomic E-state index is 10.1. The highest BCUT2D eigenvalue weighted by Gasteiger charge is 2.22. The number of hydrogen-bond donors (Lipinski definition) is 2. The SMILES string of the molecule is CCC(O)(CC)CNC(C)CCc1ccco1. The molecule has 0 radical (unpaired) electrons. The highest BCUT2D eigenvalue weighted by molar-refractivity contribution is 4.98. The van der Waals surface area contributed by atoms with Gasteiger partial charge in [0.25, 0.3) is 0 Å². The van der Waals surface area contributed by atoms with E-state index in [1.165, 1.54) is 0 Å². The lowest BCUT2D eigenvalue weighted by Gasteiger charge is -2.27. The molecule has 0 amide bonds. The van der Waals surface area contributed by atoms with Crippen LogP contribution in [0, 0.1) is 0 Å². The van der Waals surface area contributed by atoms with Gasteiger partial charge in [0.2, 0.25) is 0 Å². The minimum atomic E-state index is -0.557. The van der Waals surface area contributed by atoms with Gasteiger partial charge >= 0.3 is 0 Å². The van der Waals surface area contributed by atoms with E-state index in [1.54, 1.807) is 6.26 Å². The van der Waals surface area contributed by atoms with Crippen LogP contribution < -0.4 is 5.32 Å². The van der Waals surface area contributed by atoms with Gasteiger partial charge in [0.1, 0.15) is 5.76 Å². The summed E-state index contributed by atoms with van der Waals surface area (Å²) in [6.07, 6.45) is 5.26. The van der Waals surface area contributed by atoms with Crippen molar-refractivity contribution in [1.29, 1.82) is 0 Å². The first-order valence-corrected chi connectivity index (χ1v) is 6.58. The molecule has 0 aliphatic heterocycles. The lowest BCUT2D eigenvalue weighted by molar-refractivity contribution is 0.0301. The molecule has 17 heavy (non-hydrogen) atoms. The van der Waals surface area contributed by atoms with Crippen LogP contribution in [-0.4, -0.2) is 23.3 Å². The summed E-state index contributed by atoms with van der Waals surface area (Å²) in [6.45, 7) is 6.87. The summed E-state index contributed by atoms with van der Waals surface area (Å²) in [5, 5.41) is 13.5. The minimum absolute atomic E-state index is 0.393.